The van der Waals surface area contributed by atoms with Crippen LogP contribution in [0.1, 0.15) is 40.5 Å². The van der Waals surface area contributed by atoms with Crippen molar-refractivity contribution in [3.05, 3.63) is 0 Å². The van der Waals surface area contributed by atoms with Crippen LogP contribution in [0.5, 0.6) is 0 Å². The lowest BCUT2D eigenvalue weighted by atomic mass is 9.90. The van der Waals surface area contributed by atoms with E-state index in [0.29, 0.717) is 0 Å². The fraction of sp³-hybridized carbons (Fsp3) is 0.909. The molecule has 0 radical (unpaired) electrons. The quantitative estimate of drug-likeness (QED) is 0.699. The number of carbonyl (C=O) groups excluding carboxylic acids is 1. The summed E-state index contributed by atoms with van der Waals surface area (Å²) in [5.74, 6) is -0.505. The zero-order valence-corrected chi connectivity index (χ0v) is 10.1. The van der Waals surface area contributed by atoms with Crippen molar-refractivity contribution in [1.29, 1.82) is 0 Å². The average Bonchev–Trinajstić information content (AvgIpc) is 1.96. The maximum absolute atomic E-state index is 10.5. The summed E-state index contributed by atoms with van der Waals surface area (Å²) >= 11 is 0. The number of amides is 1. The molecule has 15 heavy (non-hydrogen) atoms. The maximum Gasteiger partial charge on any atom is 0.220 e. The number of nitrogens with two attached hydrogens (primary N) is 1. The minimum atomic E-state index is -0.787. The highest BCUT2D eigenvalue weighted by molar-refractivity contribution is 5.74. The van der Waals surface area contributed by atoms with Crippen molar-refractivity contribution in [2.24, 2.45) is 11.1 Å². The molecule has 2 atom stereocenters. The van der Waals surface area contributed by atoms with Crippen LogP contribution >= 0.6 is 0 Å². The van der Waals surface area contributed by atoms with Gasteiger partial charge in [-0.2, -0.15) is 0 Å². The third-order valence-corrected chi connectivity index (χ3v) is 1.91. The van der Waals surface area contributed by atoms with Crippen molar-refractivity contribution in [2.75, 3.05) is 6.61 Å². The summed E-state index contributed by atoms with van der Waals surface area (Å²) in [6.45, 7) is 8.52. The van der Waals surface area contributed by atoms with E-state index < -0.39 is 12.0 Å². The molecule has 3 N–H and O–H groups in total. The van der Waals surface area contributed by atoms with Crippen LogP contribution in [0.2, 0.25) is 0 Å². The molecular formula is C11H23NO3. The van der Waals surface area contributed by atoms with E-state index in [0.717, 1.165) is 6.42 Å². The Kier molecular flexibility index (Phi) is 5.83. The molecule has 0 spiro atoms. The second kappa shape index (κ2) is 6.08. The maximum atomic E-state index is 10.5. The monoisotopic (exact) mass is 217 g/mol. The Morgan fingerprint density at radius 1 is 1.47 bits per heavy atom. The smallest absolute Gasteiger partial charge is 0.220 e. The molecule has 1 amide bonds. The highest BCUT2D eigenvalue weighted by Crippen LogP contribution is 2.22. The molecule has 0 heterocycles. The summed E-state index contributed by atoms with van der Waals surface area (Å²) in [7, 11) is 0. The first-order valence-electron chi connectivity index (χ1n) is 5.28. The number of hydrogen-bond donors (Lipinski definition) is 2. The Morgan fingerprint density at radius 2 is 2.00 bits per heavy atom. The van der Waals surface area contributed by atoms with Gasteiger partial charge in [-0.05, 0) is 18.8 Å². The van der Waals surface area contributed by atoms with E-state index in [1.165, 1.54) is 0 Å². The van der Waals surface area contributed by atoms with Gasteiger partial charge in [0.1, 0.15) is 0 Å². The van der Waals surface area contributed by atoms with Crippen LogP contribution < -0.4 is 5.73 Å². The van der Waals surface area contributed by atoms with Gasteiger partial charge < -0.3 is 15.6 Å². The van der Waals surface area contributed by atoms with Crippen LogP contribution in [0.4, 0.5) is 0 Å². The molecule has 0 saturated carbocycles. The second-order valence-corrected chi connectivity index (χ2v) is 5.23. The number of rotatable bonds is 6. The van der Waals surface area contributed by atoms with E-state index in [9.17, 15) is 9.90 Å². The fourth-order valence-corrected chi connectivity index (χ4v) is 1.49. The molecule has 0 rings (SSSR count). The van der Waals surface area contributed by atoms with Crippen LogP contribution in [-0.2, 0) is 9.53 Å². The van der Waals surface area contributed by atoms with Gasteiger partial charge in [-0.3, -0.25) is 4.79 Å². The molecule has 0 aliphatic rings. The average molecular weight is 217 g/mol. The van der Waals surface area contributed by atoms with Crippen LogP contribution in [0.15, 0.2) is 0 Å². The summed E-state index contributed by atoms with van der Waals surface area (Å²) in [4.78, 5) is 10.5. The summed E-state index contributed by atoms with van der Waals surface area (Å²) in [5, 5.41) is 9.34. The minimum Gasteiger partial charge on any atom is -0.390 e. The third kappa shape index (κ3) is 9.69. The van der Waals surface area contributed by atoms with Gasteiger partial charge in [-0.1, -0.05) is 20.8 Å². The molecule has 0 saturated heterocycles. The third-order valence-electron chi connectivity index (χ3n) is 1.91. The van der Waals surface area contributed by atoms with Gasteiger partial charge in [-0.15, -0.1) is 0 Å². The summed E-state index contributed by atoms with van der Waals surface area (Å²) in [6.07, 6.45) is 0.163. The topological polar surface area (TPSA) is 72.6 Å². The van der Waals surface area contributed by atoms with Crippen molar-refractivity contribution in [1.82, 2.24) is 0 Å². The lowest BCUT2D eigenvalue weighted by Gasteiger charge is -2.24. The van der Waals surface area contributed by atoms with Gasteiger partial charge in [0.2, 0.25) is 5.91 Å². The normalized spacial score (nSPS) is 16.1. The van der Waals surface area contributed by atoms with Gasteiger partial charge in [-0.25, -0.2) is 0 Å². The fourth-order valence-electron chi connectivity index (χ4n) is 1.49. The van der Waals surface area contributed by atoms with Crippen molar-refractivity contribution in [3.8, 4) is 0 Å². The Morgan fingerprint density at radius 3 is 2.40 bits per heavy atom. The number of aliphatic hydroxyl groups excluding tert-OH is 1. The summed E-state index contributed by atoms with van der Waals surface area (Å²) in [6, 6.07) is 0. The highest BCUT2D eigenvalue weighted by atomic mass is 16.5. The van der Waals surface area contributed by atoms with Gasteiger partial charge in [0, 0.05) is 0 Å². The Balaban J connectivity index is 3.71. The summed E-state index contributed by atoms with van der Waals surface area (Å²) < 4.78 is 5.42. The van der Waals surface area contributed by atoms with Crippen molar-refractivity contribution in [3.63, 3.8) is 0 Å². The second-order valence-electron chi connectivity index (χ2n) is 5.23. The van der Waals surface area contributed by atoms with Gasteiger partial charge in [0.05, 0.1) is 25.2 Å². The first kappa shape index (κ1) is 14.4. The van der Waals surface area contributed by atoms with E-state index in [4.69, 9.17) is 10.5 Å². The van der Waals surface area contributed by atoms with Crippen LogP contribution in [0.25, 0.3) is 0 Å². The molecule has 90 valence electrons. The van der Waals surface area contributed by atoms with Gasteiger partial charge >= 0.3 is 0 Å². The van der Waals surface area contributed by atoms with E-state index in [-0.39, 0.29) is 24.5 Å². The number of aliphatic hydroxyl groups is 1. The van der Waals surface area contributed by atoms with Crippen LogP contribution in [0, 0.1) is 5.41 Å². The van der Waals surface area contributed by atoms with Crippen molar-refractivity contribution >= 4 is 5.91 Å². The minimum absolute atomic E-state index is 0.0394. The lowest BCUT2D eigenvalue weighted by Crippen LogP contribution is -2.27. The molecule has 0 aromatic rings. The number of carbonyl (C=O) groups is 1. The molecule has 2 unspecified atom stereocenters. The molecule has 0 fully saturated rings. The molecule has 0 aromatic carbocycles. The van der Waals surface area contributed by atoms with Crippen molar-refractivity contribution in [2.45, 2.75) is 52.7 Å². The largest absolute Gasteiger partial charge is 0.390 e. The Bertz CT molecular complexity index is 198. The predicted octanol–water partition coefficient (Wildman–Crippen LogP) is 1.06. The first-order valence-corrected chi connectivity index (χ1v) is 5.28. The lowest BCUT2D eigenvalue weighted by molar-refractivity contribution is -0.121. The molecule has 0 aliphatic heterocycles. The summed E-state index contributed by atoms with van der Waals surface area (Å²) in [5.41, 5.74) is 5.15. The number of primary amides is 1. The number of hydrogen-bond acceptors (Lipinski definition) is 3. The van der Waals surface area contributed by atoms with E-state index >= 15 is 0 Å². The molecule has 0 bridgehead atoms. The molecule has 0 aliphatic carbocycles. The molecule has 4 heteroatoms. The first-order chi connectivity index (χ1) is 6.70. The SMILES string of the molecule is CC(CC(C)(C)C)OCC(O)CC(N)=O. The molecule has 4 nitrogen and oxygen atoms in total. The zero-order valence-electron chi connectivity index (χ0n) is 10.1. The Labute approximate surface area is 91.8 Å². The zero-order chi connectivity index (χ0) is 12.1. The van der Waals surface area contributed by atoms with Gasteiger partial charge in [0.25, 0.3) is 0 Å². The van der Waals surface area contributed by atoms with E-state index in [2.05, 4.69) is 20.8 Å². The Hall–Kier alpha value is -0.610. The van der Waals surface area contributed by atoms with Crippen molar-refractivity contribution < 1.29 is 14.6 Å². The predicted molar refractivity (Wildman–Crippen MR) is 59.3 cm³/mol. The number of ether oxygens (including phenoxy) is 1. The van der Waals surface area contributed by atoms with E-state index in [1.807, 2.05) is 6.92 Å². The van der Waals surface area contributed by atoms with E-state index in [1.54, 1.807) is 0 Å². The van der Waals surface area contributed by atoms with Crippen LogP contribution in [-0.4, -0.2) is 29.8 Å². The van der Waals surface area contributed by atoms with Gasteiger partial charge in [0.15, 0.2) is 0 Å². The standard InChI is InChI=1S/C11H23NO3/c1-8(6-11(2,3)4)15-7-9(13)5-10(12)14/h8-9,13H,5-7H2,1-4H3,(H2,12,14). The molecule has 0 aromatic heterocycles. The van der Waals surface area contributed by atoms with Crippen LogP contribution in [0.3, 0.4) is 0 Å². The molecular weight excluding hydrogens is 194 g/mol. The highest BCUT2D eigenvalue weighted by Gasteiger charge is 2.17.